The predicted molar refractivity (Wildman–Crippen MR) is 119 cm³/mol. The van der Waals surface area contributed by atoms with E-state index in [-0.39, 0.29) is 5.82 Å². The van der Waals surface area contributed by atoms with Crippen molar-refractivity contribution in [2.45, 2.75) is 18.9 Å². The number of rotatable bonds is 4. The van der Waals surface area contributed by atoms with Gasteiger partial charge in [-0.15, -0.1) is 0 Å². The summed E-state index contributed by atoms with van der Waals surface area (Å²) < 4.78 is 15.3. The number of halogens is 2. The van der Waals surface area contributed by atoms with Crippen LogP contribution in [0.3, 0.4) is 0 Å². The van der Waals surface area contributed by atoms with Crippen molar-refractivity contribution in [3.8, 4) is 11.1 Å². The number of pyridine rings is 1. The maximum Gasteiger partial charge on any atom is 0.137 e. The van der Waals surface area contributed by atoms with E-state index in [0.29, 0.717) is 11.1 Å². The molecule has 2 N–H and O–H groups in total. The Morgan fingerprint density at radius 3 is 2.73 bits per heavy atom. The Kier molecular flexibility index (Phi) is 5.11. The zero-order chi connectivity index (χ0) is 20.5. The topological polar surface area (TPSA) is 58.5 Å². The van der Waals surface area contributed by atoms with Gasteiger partial charge < -0.3 is 10.3 Å². The molecule has 30 heavy (non-hydrogen) atoms. The fourth-order valence-electron chi connectivity index (χ4n) is 3.89. The average molecular weight is 422 g/mol. The quantitative estimate of drug-likeness (QED) is 0.469. The number of hydrogen-bond donors (Lipinski definition) is 2. The van der Waals surface area contributed by atoms with Gasteiger partial charge in [0.05, 0.1) is 17.3 Å². The van der Waals surface area contributed by atoms with Gasteiger partial charge in [0, 0.05) is 40.7 Å². The molecule has 1 fully saturated rings. The number of aromatic amines is 1. The Bertz CT molecular complexity index is 1220. The predicted octanol–water partition coefficient (Wildman–Crippen LogP) is 5.31. The van der Waals surface area contributed by atoms with Crippen molar-refractivity contribution in [3.63, 3.8) is 0 Å². The van der Waals surface area contributed by atoms with Gasteiger partial charge in [-0.1, -0.05) is 29.8 Å². The number of fused-ring (bicyclic) bond motifs is 1. The van der Waals surface area contributed by atoms with Crippen LogP contribution in [0.5, 0.6) is 0 Å². The summed E-state index contributed by atoms with van der Waals surface area (Å²) >= 11 is 6.13. The summed E-state index contributed by atoms with van der Waals surface area (Å²) in [7, 11) is 0. The van der Waals surface area contributed by atoms with Crippen molar-refractivity contribution < 1.29 is 4.39 Å². The van der Waals surface area contributed by atoms with Crippen LogP contribution >= 0.6 is 11.6 Å². The molecule has 1 aliphatic rings. The molecule has 0 radical (unpaired) electrons. The number of aromatic nitrogens is 4. The van der Waals surface area contributed by atoms with E-state index in [2.05, 4.69) is 37.3 Å². The summed E-state index contributed by atoms with van der Waals surface area (Å²) in [6.07, 6.45) is 13.8. The Morgan fingerprint density at radius 2 is 1.90 bits per heavy atom. The van der Waals surface area contributed by atoms with Gasteiger partial charge in [0.25, 0.3) is 0 Å². The number of nitrogens with zero attached hydrogens (tertiary/aromatic N) is 3. The second-order valence-electron chi connectivity index (χ2n) is 7.55. The molecule has 3 aromatic heterocycles. The molecule has 1 aliphatic heterocycles. The summed E-state index contributed by atoms with van der Waals surface area (Å²) in [5.74, 6) is -0.344. The molecule has 0 atom stereocenters. The SMILES string of the molecule is Fc1ccc(C=Cc2c[nH]c3ncc(-c4cnn(C5CCNCC5)c4)cc23)c(Cl)c1. The van der Waals surface area contributed by atoms with Crippen LogP contribution in [0, 0.1) is 5.82 Å². The fraction of sp³-hybridized carbons (Fsp3) is 0.217. The summed E-state index contributed by atoms with van der Waals surface area (Å²) in [6, 6.07) is 6.95. The molecule has 1 saturated heterocycles. The molecule has 0 unspecified atom stereocenters. The summed E-state index contributed by atoms with van der Waals surface area (Å²) in [5, 5.41) is 9.38. The standard InChI is InChI=1S/C23H21ClFN5/c24-22-10-19(25)4-3-15(22)1-2-16-11-27-23-21(16)9-17(12-28-23)18-13-29-30(14-18)20-5-7-26-8-6-20/h1-4,9-14,20,26H,5-8H2,(H,27,28). The van der Waals surface area contributed by atoms with Gasteiger partial charge in [0.2, 0.25) is 0 Å². The van der Waals surface area contributed by atoms with Gasteiger partial charge in [-0.05, 0) is 49.7 Å². The molecule has 0 amide bonds. The van der Waals surface area contributed by atoms with Crippen LogP contribution in [0.2, 0.25) is 5.02 Å². The van der Waals surface area contributed by atoms with Crippen molar-refractivity contribution >= 4 is 34.8 Å². The summed E-state index contributed by atoms with van der Waals surface area (Å²) in [6.45, 7) is 2.06. The normalized spacial score (nSPS) is 15.4. The van der Waals surface area contributed by atoms with Gasteiger partial charge in [0.15, 0.2) is 0 Å². The third-order valence-electron chi connectivity index (χ3n) is 5.59. The van der Waals surface area contributed by atoms with Gasteiger partial charge in [0.1, 0.15) is 11.5 Å². The molecule has 5 rings (SSSR count). The maximum absolute atomic E-state index is 13.3. The van der Waals surface area contributed by atoms with Crippen LogP contribution in [-0.4, -0.2) is 32.8 Å². The van der Waals surface area contributed by atoms with E-state index in [1.807, 2.05) is 30.7 Å². The molecule has 0 aliphatic carbocycles. The first-order valence-electron chi connectivity index (χ1n) is 10.0. The minimum atomic E-state index is -0.344. The van der Waals surface area contributed by atoms with Crippen LogP contribution < -0.4 is 5.32 Å². The number of H-pyrrole nitrogens is 1. The Labute approximate surface area is 178 Å². The van der Waals surface area contributed by atoms with E-state index >= 15 is 0 Å². The smallest absolute Gasteiger partial charge is 0.137 e. The first kappa shape index (κ1) is 19.0. The minimum absolute atomic E-state index is 0.344. The lowest BCUT2D eigenvalue weighted by molar-refractivity contribution is 0.343. The summed E-state index contributed by atoms with van der Waals surface area (Å²) in [5.41, 5.74) is 4.65. The van der Waals surface area contributed by atoms with Crippen molar-refractivity contribution in [1.82, 2.24) is 25.1 Å². The van der Waals surface area contributed by atoms with Crippen LogP contribution in [0.1, 0.15) is 30.0 Å². The van der Waals surface area contributed by atoms with E-state index in [1.165, 1.54) is 12.1 Å². The largest absolute Gasteiger partial charge is 0.346 e. The maximum atomic E-state index is 13.3. The molecule has 0 spiro atoms. The van der Waals surface area contributed by atoms with Crippen molar-refractivity contribution in [1.29, 1.82) is 0 Å². The Balaban J connectivity index is 1.44. The van der Waals surface area contributed by atoms with Crippen molar-refractivity contribution in [2.75, 3.05) is 13.1 Å². The van der Waals surface area contributed by atoms with E-state index in [1.54, 1.807) is 6.07 Å². The number of hydrogen-bond acceptors (Lipinski definition) is 3. The van der Waals surface area contributed by atoms with E-state index in [4.69, 9.17) is 11.6 Å². The lowest BCUT2D eigenvalue weighted by atomic mass is 10.1. The van der Waals surface area contributed by atoms with Crippen LogP contribution in [0.15, 0.2) is 49.1 Å². The Hall–Kier alpha value is -2.96. The zero-order valence-electron chi connectivity index (χ0n) is 16.3. The van der Waals surface area contributed by atoms with Gasteiger partial charge in [-0.25, -0.2) is 9.37 Å². The molecular formula is C23H21ClFN5. The molecule has 7 heteroatoms. The van der Waals surface area contributed by atoms with Gasteiger partial charge in [-0.2, -0.15) is 5.10 Å². The van der Waals surface area contributed by atoms with Crippen LogP contribution in [0.25, 0.3) is 34.3 Å². The van der Waals surface area contributed by atoms with Crippen LogP contribution in [-0.2, 0) is 0 Å². The van der Waals surface area contributed by atoms with Crippen LogP contribution in [0.4, 0.5) is 4.39 Å². The lowest BCUT2D eigenvalue weighted by Crippen LogP contribution is -2.29. The molecule has 4 heterocycles. The second-order valence-corrected chi connectivity index (χ2v) is 7.96. The van der Waals surface area contributed by atoms with E-state index in [9.17, 15) is 4.39 Å². The average Bonchev–Trinajstić information content (AvgIpc) is 3.41. The van der Waals surface area contributed by atoms with Crippen molar-refractivity contribution in [2.24, 2.45) is 0 Å². The third kappa shape index (κ3) is 3.76. The van der Waals surface area contributed by atoms with Crippen molar-refractivity contribution in [3.05, 3.63) is 71.0 Å². The van der Waals surface area contributed by atoms with Gasteiger partial charge >= 0.3 is 0 Å². The first-order valence-corrected chi connectivity index (χ1v) is 10.4. The zero-order valence-corrected chi connectivity index (χ0v) is 17.0. The molecule has 0 saturated carbocycles. The highest BCUT2D eigenvalue weighted by Gasteiger charge is 2.16. The third-order valence-corrected chi connectivity index (χ3v) is 5.91. The molecule has 152 valence electrons. The van der Waals surface area contributed by atoms with E-state index < -0.39 is 0 Å². The van der Waals surface area contributed by atoms with E-state index in [0.717, 1.165) is 59.2 Å². The first-order chi connectivity index (χ1) is 14.7. The highest BCUT2D eigenvalue weighted by atomic mass is 35.5. The Morgan fingerprint density at radius 1 is 1.07 bits per heavy atom. The van der Waals surface area contributed by atoms with Gasteiger partial charge in [-0.3, -0.25) is 4.68 Å². The number of piperidine rings is 1. The second kappa shape index (κ2) is 8.05. The lowest BCUT2D eigenvalue weighted by Gasteiger charge is -2.22. The summed E-state index contributed by atoms with van der Waals surface area (Å²) in [4.78, 5) is 7.77. The minimum Gasteiger partial charge on any atom is -0.346 e. The molecule has 4 aromatic rings. The highest BCUT2D eigenvalue weighted by Crippen LogP contribution is 2.28. The molecule has 1 aromatic carbocycles. The molecule has 0 bridgehead atoms. The highest BCUT2D eigenvalue weighted by molar-refractivity contribution is 6.32. The monoisotopic (exact) mass is 421 g/mol. The fourth-order valence-corrected chi connectivity index (χ4v) is 4.12. The molecular weight excluding hydrogens is 401 g/mol. The molecule has 5 nitrogen and oxygen atoms in total. The number of nitrogens with one attached hydrogen (secondary N) is 2. The number of benzene rings is 1.